The maximum atomic E-state index is 12.3. The van der Waals surface area contributed by atoms with Crippen LogP contribution in [0.1, 0.15) is 53.9 Å². The largest absolute Gasteiger partial charge is 0.462 e. The Kier molecular flexibility index (Phi) is 3.63. The second-order valence-corrected chi connectivity index (χ2v) is 8.71. The van der Waals surface area contributed by atoms with Crippen LogP contribution in [-0.4, -0.2) is 35.3 Å². The number of esters is 2. The van der Waals surface area contributed by atoms with Crippen LogP contribution in [0.5, 0.6) is 0 Å². The molecule has 5 heteroatoms. The topological polar surface area (TPSA) is 65.1 Å². The standard InChI is InChI=1S/C20H28O5/c1-6-10(2)17(21)24-15-9-19(5)20(25-19)8-13-12(4)18(22)23-14(13)7-11(3)16(15)20/h6,11-16H,7-9H2,1-5H3/b10-6+/t11-,12+,13-,14-,15+,16-,19-,20+/m1/s1. The van der Waals surface area contributed by atoms with E-state index in [2.05, 4.69) is 13.8 Å². The summed E-state index contributed by atoms with van der Waals surface area (Å²) in [6, 6.07) is 0. The van der Waals surface area contributed by atoms with Crippen LogP contribution in [0, 0.1) is 23.7 Å². The molecule has 0 bridgehead atoms. The smallest absolute Gasteiger partial charge is 0.333 e. The zero-order chi connectivity index (χ0) is 18.1. The van der Waals surface area contributed by atoms with Crippen LogP contribution >= 0.6 is 0 Å². The van der Waals surface area contributed by atoms with Crippen molar-refractivity contribution in [1.29, 1.82) is 0 Å². The van der Waals surface area contributed by atoms with Crippen LogP contribution in [0.3, 0.4) is 0 Å². The van der Waals surface area contributed by atoms with Crippen molar-refractivity contribution in [2.75, 3.05) is 0 Å². The SMILES string of the molecule is C/C=C(\C)C(=O)O[C@H]1C[C@@]2(C)O[C@]23C[C@@H]2[C@H](C)C(=O)O[C@@H]2C[C@@H](C)[C@H]13. The molecular weight excluding hydrogens is 320 g/mol. The Balaban J connectivity index is 1.62. The van der Waals surface area contributed by atoms with Crippen LogP contribution in [0.25, 0.3) is 0 Å². The van der Waals surface area contributed by atoms with E-state index in [-0.39, 0.29) is 59.0 Å². The first-order valence-corrected chi connectivity index (χ1v) is 9.47. The number of epoxide rings is 1. The maximum absolute atomic E-state index is 12.3. The second-order valence-electron chi connectivity index (χ2n) is 8.71. The van der Waals surface area contributed by atoms with Crippen molar-refractivity contribution in [2.45, 2.75) is 77.3 Å². The van der Waals surface area contributed by atoms with E-state index in [9.17, 15) is 9.59 Å². The Hall–Kier alpha value is -1.36. The van der Waals surface area contributed by atoms with Gasteiger partial charge in [-0.1, -0.05) is 19.9 Å². The van der Waals surface area contributed by atoms with E-state index in [1.54, 1.807) is 13.0 Å². The fraction of sp³-hybridized carbons (Fsp3) is 0.800. The monoisotopic (exact) mass is 348 g/mol. The predicted molar refractivity (Wildman–Crippen MR) is 90.6 cm³/mol. The van der Waals surface area contributed by atoms with E-state index in [1.165, 1.54) is 0 Å². The number of hydrogen-bond acceptors (Lipinski definition) is 5. The molecule has 2 aliphatic carbocycles. The minimum absolute atomic E-state index is 0.0282. The predicted octanol–water partition coefficient (Wildman–Crippen LogP) is 3.02. The molecule has 2 aliphatic heterocycles. The summed E-state index contributed by atoms with van der Waals surface area (Å²) in [5.74, 6) is 0.260. The van der Waals surface area contributed by atoms with Gasteiger partial charge < -0.3 is 14.2 Å². The Morgan fingerprint density at radius 1 is 1.32 bits per heavy atom. The third-order valence-corrected chi connectivity index (χ3v) is 7.32. The summed E-state index contributed by atoms with van der Waals surface area (Å²) < 4.78 is 17.8. The molecule has 8 atom stereocenters. The van der Waals surface area contributed by atoms with Crippen LogP contribution in [0.4, 0.5) is 0 Å². The molecule has 2 saturated heterocycles. The third-order valence-electron chi connectivity index (χ3n) is 7.32. The molecule has 0 aromatic carbocycles. The minimum Gasteiger partial charge on any atom is -0.462 e. The zero-order valence-electron chi connectivity index (χ0n) is 15.7. The summed E-state index contributed by atoms with van der Waals surface area (Å²) in [5, 5.41) is 0. The highest BCUT2D eigenvalue weighted by atomic mass is 16.6. The molecule has 0 radical (unpaired) electrons. The van der Waals surface area contributed by atoms with Crippen LogP contribution in [0.2, 0.25) is 0 Å². The third kappa shape index (κ3) is 2.24. The quantitative estimate of drug-likeness (QED) is 0.436. The zero-order valence-corrected chi connectivity index (χ0v) is 15.7. The number of rotatable bonds is 2. The van der Waals surface area contributed by atoms with Gasteiger partial charge in [0.15, 0.2) is 0 Å². The lowest BCUT2D eigenvalue weighted by molar-refractivity contribution is -0.150. The summed E-state index contributed by atoms with van der Waals surface area (Å²) in [6.07, 6.45) is 4.02. The van der Waals surface area contributed by atoms with Crippen molar-refractivity contribution in [1.82, 2.24) is 0 Å². The fourth-order valence-electron chi connectivity index (χ4n) is 5.74. The molecule has 25 heavy (non-hydrogen) atoms. The molecule has 0 N–H and O–H groups in total. The van der Waals surface area contributed by atoms with E-state index >= 15 is 0 Å². The lowest BCUT2D eigenvalue weighted by Crippen LogP contribution is -2.37. The van der Waals surface area contributed by atoms with Gasteiger partial charge >= 0.3 is 11.9 Å². The highest BCUT2D eigenvalue weighted by Crippen LogP contribution is 2.69. The number of fused-ring (bicyclic) bond motifs is 1. The Labute approximate surface area is 149 Å². The van der Waals surface area contributed by atoms with Gasteiger partial charge in [-0.05, 0) is 39.5 Å². The lowest BCUT2D eigenvalue weighted by Gasteiger charge is -2.30. The van der Waals surface area contributed by atoms with E-state index in [0.29, 0.717) is 5.57 Å². The second kappa shape index (κ2) is 5.32. The van der Waals surface area contributed by atoms with Gasteiger partial charge in [0.1, 0.15) is 17.8 Å². The lowest BCUT2D eigenvalue weighted by atomic mass is 9.77. The van der Waals surface area contributed by atoms with Gasteiger partial charge in [0.2, 0.25) is 0 Å². The summed E-state index contributed by atoms with van der Waals surface area (Å²) in [4.78, 5) is 24.3. The molecule has 0 amide bonds. The molecule has 0 unspecified atom stereocenters. The summed E-state index contributed by atoms with van der Waals surface area (Å²) in [6.45, 7) is 9.91. The maximum Gasteiger partial charge on any atom is 0.333 e. The Bertz CT molecular complexity index is 654. The van der Waals surface area contributed by atoms with Crippen molar-refractivity contribution in [3.63, 3.8) is 0 Å². The van der Waals surface area contributed by atoms with Gasteiger partial charge in [-0.2, -0.15) is 0 Å². The first-order valence-electron chi connectivity index (χ1n) is 9.47. The van der Waals surface area contributed by atoms with Crippen LogP contribution in [0.15, 0.2) is 11.6 Å². The number of carbonyl (C=O) groups excluding carboxylic acids is 2. The van der Waals surface area contributed by atoms with Crippen LogP contribution < -0.4 is 0 Å². The van der Waals surface area contributed by atoms with Crippen molar-refractivity contribution < 1.29 is 23.8 Å². The molecule has 4 rings (SSSR count). The molecule has 5 nitrogen and oxygen atoms in total. The summed E-state index contributed by atoms with van der Waals surface area (Å²) in [7, 11) is 0. The van der Waals surface area contributed by atoms with E-state index in [4.69, 9.17) is 14.2 Å². The average Bonchev–Trinajstić information content (AvgIpc) is 2.98. The Morgan fingerprint density at radius 3 is 2.72 bits per heavy atom. The van der Waals surface area contributed by atoms with E-state index in [0.717, 1.165) is 19.3 Å². The molecule has 2 heterocycles. The number of carbonyl (C=O) groups is 2. The molecule has 2 saturated carbocycles. The van der Waals surface area contributed by atoms with Crippen molar-refractivity contribution in [2.24, 2.45) is 23.7 Å². The first-order chi connectivity index (χ1) is 11.7. The Morgan fingerprint density at radius 2 is 2.04 bits per heavy atom. The normalized spacial score (nSPS) is 51.1. The molecule has 138 valence electrons. The molecule has 1 spiro atoms. The van der Waals surface area contributed by atoms with Crippen molar-refractivity contribution in [3.05, 3.63) is 11.6 Å². The summed E-state index contributed by atoms with van der Waals surface area (Å²) >= 11 is 0. The molecule has 0 aromatic heterocycles. The molecular formula is C20H28O5. The number of ether oxygens (including phenoxy) is 3. The fourth-order valence-corrected chi connectivity index (χ4v) is 5.74. The molecule has 4 aliphatic rings. The first kappa shape index (κ1) is 17.1. The van der Waals surface area contributed by atoms with Crippen LogP contribution in [-0.2, 0) is 23.8 Å². The molecule has 4 fully saturated rings. The van der Waals surface area contributed by atoms with Gasteiger partial charge in [-0.15, -0.1) is 0 Å². The van der Waals surface area contributed by atoms with Crippen molar-refractivity contribution in [3.8, 4) is 0 Å². The highest BCUT2D eigenvalue weighted by molar-refractivity contribution is 5.87. The van der Waals surface area contributed by atoms with Gasteiger partial charge in [0.25, 0.3) is 0 Å². The highest BCUT2D eigenvalue weighted by Gasteiger charge is 2.80. The van der Waals surface area contributed by atoms with Gasteiger partial charge in [0, 0.05) is 23.8 Å². The average molecular weight is 348 g/mol. The molecule has 0 aromatic rings. The number of hydrogen-bond donors (Lipinski definition) is 0. The van der Waals surface area contributed by atoms with E-state index in [1.807, 2.05) is 13.8 Å². The van der Waals surface area contributed by atoms with Crippen molar-refractivity contribution >= 4 is 11.9 Å². The summed E-state index contributed by atoms with van der Waals surface area (Å²) in [5.41, 5.74) is 0.116. The number of allylic oxidation sites excluding steroid dienone is 1. The minimum atomic E-state index is -0.275. The van der Waals surface area contributed by atoms with E-state index < -0.39 is 0 Å². The van der Waals surface area contributed by atoms with Gasteiger partial charge in [-0.25, -0.2) is 4.79 Å². The van der Waals surface area contributed by atoms with Gasteiger partial charge in [0.05, 0.1) is 11.5 Å². The van der Waals surface area contributed by atoms with Gasteiger partial charge in [-0.3, -0.25) is 4.79 Å².